The lowest BCUT2D eigenvalue weighted by Gasteiger charge is -2.32. The van der Waals surface area contributed by atoms with Crippen LogP contribution < -0.4 is 0 Å². The van der Waals surface area contributed by atoms with Crippen molar-refractivity contribution in [1.82, 2.24) is 0 Å². The van der Waals surface area contributed by atoms with E-state index in [0.717, 1.165) is 25.7 Å². The van der Waals surface area contributed by atoms with Crippen molar-refractivity contribution in [1.29, 1.82) is 0 Å². The minimum Gasteiger partial charge on any atom is -0.458 e. The Labute approximate surface area is 133 Å². The zero-order valence-corrected chi connectivity index (χ0v) is 13.8. The van der Waals surface area contributed by atoms with Crippen LogP contribution in [0.1, 0.15) is 52.4 Å². The number of esters is 2. The van der Waals surface area contributed by atoms with Gasteiger partial charge in [-0.25, -0.2) is 0 Å². The van der Waals surface area contributed by atoms with Gasteiger partial charge in [-0.1, -0.05) is 26.0 Å². The highest BCUT2D eigenvalue weighted by Crippen LogP contribution is 2.26. The molecule has 124 valence electrons. The Hall–Kier alpha value is -1.58. The monoisotopic (exact) mass is 308 g/mol. The summed E-state index contributed by atoms with van der Waals surface area (Å²) in [5, 5.41) is 0. The third-order valence-corrected chi connectivity index (χ3v) is 4.02. The summed E-state index contributed by atoms with van der Waals surface area (Å²) in [6.45, 7) is 10.9. The van der Waals surface area contributed by atoms with Crippen molar-refractivity contribution >= 4 is 11.9 Å². The van der Waals surface area contributed by atoms with E-state index in [0.29, 0.717) is 12.8 Å². The molecule has 1 aliphatic carbocycles. The number of allylic oxidation sites excluding steroid dienone is 2. The first kappa shape index (κ1) is 18.5. The van der Waals surface area contributed by atoms with Crippen molar-refractivity contribution in [3.05, 3.63) is 25.3 Å². The Morgan fingerprint density at radius 2 is 1.32 bits per heavy atom. The molecule has 4 atom stereocenters. The summed E-state index contributed by atoms with van der Waals surface area (Å²) in [5.41, 5.74) is 0. The lowest BCUT2D eigenvalue weighted by atomic mass is 9.94. The highest BCUT2D eigenvalue weighted by molar-refractivity contribution is 5.73. The van der Waals surface area contributed by atoms with Crippen LogP contribution >= 0.6 is 0 Å². The topological polar surface area (TPSA) is 52.6 Å². The SMILES string of the molecule is C=CCC(C)C(=O)OC1CCCCC1OC(=O)C(C)CC=C. The maximum Gasteiger partial charge on any atom is 0.309 e. The van der Waals surface area contributed by atoms with Gasteiger partial charge < -0.3 is 9.47 Å². The number of ether oxygens (including phenoxy) is 2. The Morgan fingerprint density at radius 1 is 0.955 bits per heavy atom. The van der Waals surface area contributed by atoms with Gasteiger partial charge in [-0.15, -0.1) is 13.2 Å². The molecule has 0 aliphatic heterocycles. The summed E-state index contributed by atoms with van der Waals surface area (Å²) >= 11 is 0. The van der Waals surface area contributed by atoms with E-state index in [-0.39, 0.29) is 36.0 Å². The number of rotatable bonds is 8. The van der Waals surface area contributed by atoms with Gasteiger partial charge in [0.05, 0.1) is 11.8 Å². The zero-order valence-electron chi connectivity index (χ0n) is 13.8. The van der Waals surface area contributed by atoms with Gasteiger partial charge in [-0.05, 0) is 38.5 Å². The third kappa shape index (κ3) is 5.66. The minimum atomic E-state index is -0.326. The lowest BCUT2D eigenvalue weighted by Crippen LogP contribution is -2.39. The van der Waals surface area contributed by atoms with Crippen LogP contribution in [0, 0.1) is 11.8 Å². The van der Waals surface area contributed by atoms with Gasteiger partial charge in [0.25, 0.3) is 0 Å². The standard InChI is InChI=1S/C18H28O4/c1-5-9-13(3)17(19)21-15-11-7-8-12-16(15)22-18(20)14(4)10-6-2/h5-6,13-16H,1-2,7-12H2,3-4H3. The van der Waals surface area contributed by atoms with Crippen LogP contribution in [0.25, 0.3) is 0 Å². The fourth-order valence-electron chi connectivity index (χ4n) is 2.56. The summed E-state index contributed by atoms with van der Waals surface area (Å²) in [4.78, 5) is 24.1. The second kappa shape index (κ2) is 9.44. The van der Waals surface area contributed by atoms with Crippen molar-refractivity contribution in [2.75, 3.05) is 0 Å². The molecule has 1 fully saturated rings. The van der Waals surface area contributed by atoms with E-state index >= 15 is 0 Å². The third-order valence-electron chi connectivity index (χ3n) is 4.02. The Morgan fingerprint density at radius 3 is 1.64 bits per heavy atom. The van der Waals surface area contributed by atoms with Gasteiger partial charge in [0.2, 0.25) is 0 Å². The van der Waals surface area contributed by atoms with E-state index in [1.807, 2.05) is 13.8 Å². The van der Waals surface area contributed by atoms with Crippen molar-refractivity contribution in [3.63, 3.8) is 0 Å². The number of hydrogen-bond donors (Lipinski definition) is 0. The Kier molecular flexibility index (Phi) is 7.92. The molecule has 0 spiro atoms. The van der Waals surface area contributed by atoms with E-state index in [1.165, 1.54) is 0 Å². The molecular formula is C18H28O4. The van der Waals surface area contributed by atoms with Crippen molar-refractivity contribution in [2.24, 2.45) is 11.8 Å². The number of carbonyl (C=O) groups is 2. The first-order chi connectivity index (χ1) is 10.5. The lowest BCUT2D eigenvalue weighted by molar-refractivity contribution is -0.176. The van der Waals surface area contributed by atoms with Crippen molar-refractivity contribution < 1.29 is 19.1 Å². The molecule has 4 nitrogen and oxygen atoms in total. The van der Waals surface area contributed by atoms with Gasteiger partial charge in [0.1, 0.15) is 12.2 Å². The van der Waals surface area contributed by atoms with E-state index < -0.39 is 0 Å². The van der Waals surface area contributed by atoms with E-state index in [2.05, 4.69) is 13.2 Å². The maximum absolute atomic E-state index is 12.0. The molecule has 4 heteroatoms. The number of hydrogen-bond acceptors (Lipinski definition) is 4. The average Bonchev–Trinajstić information content (AvgIpc) is 2.49. The normalized spacial score (nSPS) is 23.9. The summed E-state index contributed by atoms with van der Waals surface area (Å²) in [6, 6.07) is 0. The maximum atomic E-state index is 12.0. The molecule has 4 unspecified atom stereocenters. The quantitative estimate of drug-likeness (QED) is 0.505. The molecule has 0 radical (unpaired) electrons. The predicted octanol–water partition coefficient (Wildman–Crippen LogP) is 3.81. The summed E-state index contributed by atoms with van der Waals surface area (Å²) in [7, 11) is 0. The van der Waals surface area contributed by atoms with E-state index in [9.17, 15) is 9.59 Å². The second-order valence-corrected chi connectivity index (χ2v) is 6.09. The minimum absolute atomic E-state index is 0.213. The van der Waals surface area contributed by atoms with Crippen LogP contribution in [0.2, 0.25) is 0 Å². The molecule has 0 aromatic carbocycles. The molecular weight excluding hydrogens is 280 g/mol. The van der Waals surface area contributed by atoms with Gasteiger partial charge in [0, 0.05) is 0 Å². The molecule has 0 aromatic heterocycles. The largest absolute Gasteiger partial charge is 0.458 e. The first-order valence-electron chi connectivity index (χ1n) is 8.12. The van der Waals surface area contributed by atoms with Crippen molar-refractivity contribution in [2.45, 2.75) is 64.6 Å². The Balaban J connectivity index is 2.59. The van der Waals surface area contributed by atoms with Gasteiger partial charge in [0.15, 0.2) is 0 Å². The highest BCUT2D eigenvalue weighted by Gasteiger charge is 2.33. The molecule has 0 aromatic rings. The summed E-state index contributed by atoms with van der Waals surface area (Å²) in [6.07, 6.45) is 7.43. The average molecular weight is 308 g/mol. The van der Waals surface area contributed by atoms with Crippen LogP contribution in [0.15, 0.2) is 25.3 Å². The molecule has 0 saturated heterocycles. The van der Waals surface area contributed by atoms with Crippen LogP contribution in [-0.4, -0.2) is 24.1 Å². The van der Waals surface area contributed by atoms with Crippen LogP contribution in [-0.2, 0) is 19.1 Å². The fraction of sp³-hybridized carbons (Fsp3) is 0.667. The smallest absolute Gasteiger partial charge is 0.309 e. The number of carbonyl (C=O) groups excluding carboxylic acids is 2. The molecule has 1 saturated carbocycles. The van der Waals surface area contributed by atoms with E-state index in [4.69, 9.17) is 9.47 Å². The molecule has 0 N–H and O–H groups in total. The van der Waals surface area contributed by atoms with E-state index in [1.54, 1.807) is 12.2 Å². The summed E-state index contributed by atoms with van der Waals surface area (Å²) < 4.78 is 11.1. The molecule has 1 aliphatic rings. The molecule has 0 heterocycles. The first-order valence-corrected chi connectivity index (χ1v) is 8.12. The van der Waals surface area contributed by atoms with Crippen LogP contribution in [0.3, 0.4) is 0 Å². The second-order valence-electron chi connectivity index (χ2n) is 6.09. The predicted molar refractivity (Wildman–Crippen MR) is 86.2 cm³/mol. The van der Waals surface area contributed by atoms with Crippen molar-refractivity contribution in [3.8, 4) is 0 Å². The summed E-state index contributed by atoms with van der Waals surface area (Å²) in [5.74, 6) is -0.912. The van der Waals surface area contributed by atoms with Gasteiger partial charge in [-0.2, -0.15) is 0 Å². The molecule has 1 rings (SSSR count). The fourth-order valence-corrected chi connectivity index (χ4v) is 2.56. The van der Waals surface area contributed by atoms with Gasteiger partial charge in [-0.3, -0.25) is 9.59 Å². The molecule has 22 heavy (non-hydrogen) atoms. The van der Waals surface area contributed by atoms with Gasteiger partial charge >= 0.3 is 11.9 Å². The van der Waals surface area contributed by atoms with Crippen LogP contribution in [0.5, 0.6) is 0 Å². The molecule has 0 bridgehead atoms. The molecule has 0 amide bonds. The Bertz CT molecular complexity index is 364. The highest BCUT2D eigenvalue weighted by atomic mass is 16.6. The van der Waals surface area contributed by atoms with Crippen LogP contribution in [0.4, 0.5) is 0 Å². The zero-order chi connectivity index (χ0) is 16.5.